The molecule has 13 heavy (non-hydrogen) atoms. The van der Waals surface area contributed by atoms with Crippen molar-refractivity contribution >= 4 is 17.3 Å². The molecule has 0 bridgehead atoms. The Kier molecular flexibility index (Phi) is 3.67. The molecule has 1 aromatic rings. The largest absolute Gasteiger partial charge is 0.376 e. The van der Waals surface area contributed by atoms with E-state index in [4.69, 9.17) is 22.7 Å². The number of nitrogens with one attached hydrogen (secondary N) is 1. The van der Waals surface area contributed by atoms with Gasteiger partial charge in [0.2, 0.25) is 0 Å². The van der Waals surface area contributed by atoms with E-state index in [0.717, 1.165) is 5.56 Å². The zero-order valence-corrected chi connectivity index (χ0v) is 8.17. The summed E-state index contributed by atoms with van der Waals surface area (Å²) in [5.41, 5.74) is 6.34. The molecule has 0 saturated heterocycles. The van der Waals surface area contributed by atoms with Crippen molar-refractivity contribution in [3.63, 3.8) is 0 Å². The van der Waals surface area contributed by atoms with Gasteiger partial charge in [0.15, 0.2) is 11.3 Å². The highest BCUT2D eigenvalue weighted by molar-refractivity contribution is 7.80. The van der Waals surface area contributed by atoms with E-state index < -0.39 is 0 Å². The van der Waals surface area contributed by atoms with Gasteiger partial charge in [-0.25, -0.2) is 0 Å². The van der Waals surface area contributed by atoms with Gasteiger partial charge in [0, 0.05) is 12.7 Å². The van der Waals surface area contributed by atoms with E-state index in [9.17, 15) is 0 Å². The monoisotopic (exact) mass is 196 g/mol. The van der Waals surface area contributed by atoms with Gasteiger partial charge in [-0.15, -0.1) is 0 Å². The van der Waals surface area contributed by atoms with Crippen molar-refractivity contribution in [1.82, 2.24) is 5.32 Å². The van der Waals surface area contributed by atoms with E-state index in [2.05, 4.69) is 5.32 Å². The normalized spacial score (nSPS) is 12.1. The van der Waals surface area contributed by atoms with E-state index in [1.54, 1.807) is 7.11 Å². The fraction of sp³-hybridized carbons (Fsp3) is 0.222. The standard InChI is InChI=1S/C9H12N2OS/c1-12-8(11-9(10)13)7-5-3-2-4-6-7/h2-6,8H,1H3,(H3,10,11,13). The van der Waals surface area contributed by atoms with Crippen LogP contribution in [0.15, 0.2) is 30.3 Å². The maximum Gasteiger partial charge on any atom is 0.165 e. The predicted molar refractivity (Wildman–Crippen MR) is 56.1 cm³/mol. The lowest BCUT2D eigenvalue weighted by molar-refractivity contribution is 0.0914. The first kappa shape index (κ1) is 9.95. The van der Waals surface area contributed by atoms with Crippen LogP contribution in [0.5, 0.6) is 0 Å². The van der Waals surface area contributed by atoms with Crippen molar-refractivity contribution < 1.29 is 4.74 Å². The molecule has 3 nitrogen and oxygen atoms in total. The molecule has 0 aliphatic heterocycles. The number of hydrogen-bond donors (Lipinski definition) is 2. The van der Waals surface area contributed by atoms with Crippen LogP contribution in [0, 0.1) is 0 Å². The molecular weight excluding hydrogens is 184 g/mol. The lowest BCUT2D eigenvalue weighted by Crippen LogP contribution is -2.33. The Bertz CT molecular complexity index is 276. The van der Waals surface area contributed by atoms with E-state index in [1.807, 2.05) is 30.3 Å². The van der Waals surface area contributed by atoms with Crippen molar-refractivity contribution in [2.45, 2.75) is 6.23 Å². The Labute approximate surface area is 82.9 Å². The van der Waals surface area contributed by atoms with Crippen LogP contribution in [0.1, 0.15) is 11.8 Å². The molecule has 0 heterocycles. The second-order valence-electron chi connectivity index (χ2n) is 2.54. The molecule has 4 heteroatoms. The molecule has 0 radical (unpaired) electrons. The number of hydrogen-bond acceptors (Lipinski definition) is 2. The third kappa shape index (κ3) is 3.01. The Hall–Kier alpha value is -1.13. The second-order valence-corrected chi connectivity index (χ2v) is 2.97. The number of rotatable bonds is 3. The van der Waals surface area contributed by atoms with Gasteiger partial charge in [-0.1, -0.05) is 30.3 Å². The van der Waals surface area contributed by atoms with Crippen molar-refractivity contribution in [1.29, 1.82) is 0 Å². The quantitative estimate of drug-likeness (QED) is 0.562. The molecule has 0 saturated carbocycles. The summed E-state index contributed by atoms with van der Waals surface area (Å²) < 4.78 is 5.17. The molecule has 1 atom stereocenters. The second kappa shape index (κ2) is 4.79. The van der Waals surface area contributed by atoms with Gasteiger partial charge < -0.3 is 15.8 Å². The highest BCUT2D eigenvalue weighted by Gasteiger charge is 2.08. The number of ether oxygens (including phenoxy) is 1. The minimum atomic E-state index is -0.265. The molecule has 0 aliphatic carbocycles. The van der Waals surface area contributed by atoms with Gasteiger partial charge in [0.1, 0.15) is 0 Å². The minimum absolute atomic E-state index is 0.232. The summed E-state index contributed by atoms with van der Waals surface area (Å²) in [6.45, 7) is 0. The molecule has 0 fully saturated rings. The van der Waals surface area contributed by atoms with E-state index in [1.165, 1.54) is 0 Å². The number of thiocarbonyl (C=S) groups is 1. The van der Waals surface area contributed by atoms with Gasteiger partial charge in [-0.2, -0.15) is 0 Å². The molecular formula is C9H12N2OS. The molecule has 3 N–H and O–H groups in total. The summed E-state index contributed by atoms with van der Waals surface area (Å²) in [6.07, 6.45) is -0.265. The van der Waals surface area contributed by atoms with Gasteiger partial charge in [0.05, 0.1) is 0 Å². The van der Waals surface area contributed by atoms with Crippen LogP contribution in [0.4, 0.5) is 0 Å². The molecule has 0 aliphatic rings. The van der Waals surface area contributed by atoms with Crippen LogP contribution in [0.3, 0.4) is 0 Å². The highest BCUT2D eigenvalue weighted by atomic mass is 32.1. The maximum absolute atomic E-state index is 5.35. The first-order valence-corrected chi connectivity index (χ1v) is 4.28. The Morgan fingerprint density at radius 1 is 1.46 bits per heavy atom. The number of benzene rings is 1. The minimum Gasteiger partial charge on any atom is -0.376 e. The topological polar surface area (TPSA) is 47.3 Å². The molecule has 0 spiro atoms. The average molecular weight is 196 g/mol. The van der Waals surface area contributed by atoms with Crippen LogP contribution in [-0.2, 0) is 4.74 Å². The Morgan fingerprint density at radius 2 is 2.08 bits per heavy atom. The zero-order valence-electron chi connectivity index (χ0n) is 7.36. The summed E-state index contributed by atoms with van der Waals surface area (Å²) in [4.78, 5) is 0. The maximum atomic E-state index is 5.35. The van der Waals surface area contributed by atoms with Crippen LogP contribution in [0.2, 0.25) is 0 Å². The molecule has 70 valence electrons. The first-order valence-electron chi connectivity index (χ1n) is 3.87. The van der Waals surface area contributed by atoms with Gasteiger partial charge in [-0.3, -0.25) is 0 Å². The van der Waals surface area contributed by atoms with E-state index in [-0.39, 0.29) is 11.3 Å². The Balaban J connectivity index is 2.73. The third-order valence-electron chi connectivity index (χ3n) is 1.61. The van der Waals surface area contributed by atoms with Gasteiger partial charge >= 0.3 is 0 Å². The first-order chi connectivity index (χ1) is 6.24. The van der Waals surface area contributed by atoms with Crippen molar-refractivity contribution in [2.24, 2.45) is 5.73 Å². The SMILES string of the molecule is COC(NC(N)=S)c1ccccc1. The molecule has 1 rings (SSSR count). The lowest BCUT2D eigenvalue weighted by Gasteiger charge is -2.16. The van der Waals surface area contributed by atoms with E-state index in [0.29, 0.717) is 0 Å². The lowest BCUT2D eigenvalue weighted by atomic mass is 10.2. The summed E-state index contributed by atoms with van der Waals surface area (Å²) in [5, 5.41) is 3.06. The van der Waals surface area contributed by atoms with Gasteiger partial charge in [0.25, 0.3) is 0 Å². The summed E-state index contributed by atoms with van der Waals surface area (Å²) in [7, 11) is 1.60. The van der Waals surface area contributed by atoms with Crippen LogP contribution in [0.25, 0.3) is 0 Å². The molecule has 0 aromatic heterocycles. The highest BCUT2D eigenvalue weighted by Crippen LogP contribution is 2.11. The average Bonchev–Trinajstić information content (AvgIpc) is 2.15. The van der Waals surface area contributed by atoms with Crippen LogP contribution < -0.4 is 11.1 Å². The fourth-order valence-corrected chi connectivity index (χ4v) is 1.14. The predicted octanol–water partition coefficient (Wildman–Crippen LogP) is 1.16. The summed E-state index contributed by atoms with van der Waals surface area (Å²) in [6, 6.07) is 9.70. The zero-order chi connectivity index (χ0) is 9.68. The van der Waals surface area contributed by atoms with Crippen LogP contribution >= 0.6 is 12.2 Å². The van der Waals surface area contributed by atoms with Crippen molar-refractivity contribution in [2.75, 3.05) is 7.11 Å². The number of nitrogens with two attached hydrogens (primary N) is 1. The molecule has 1 unspecified atom stereocenters. The van der Waals surface area contributed by atoms with Crippen molar-refractivity contribution in [3.05, 3.63) is 35.9 Å². The fourth-order valence-electron chi connectivity index (χ4n) is 1.04. The molecule has 0 amide bonds. The number of methoxy groups -OCH3 is 1. The summed E-state index contributed by atoms with van der Waals surface area (Å²) >= 11 is 4.72. The van der Waals surface area contributed by atoms with Crippen LogP contribution in [-0.4, -0.2) is 12.2 Å². The van der Waals surface area contributed by atoms with Gasteiger partial charge in [-0.05, 0) is 12.2 Å². The Morgan fingerprint density at radius 3 is 2.54 bits per heavy atom. The molecule has 1 aromatic carbocycles. The van der Waals surface area contributed by atoms with E-state index >= 15 is 0 Å². The summed E-state index contributed by atoms with van der Waals surface area (Å²) in [5.74, 6) is 0. The van der Waals surface area contributed by atoms with Crippen molar-refractivity contribution in [3.8, 4) is 0 Å². The third-order valence-corrected chi connectivity index (χ3v) is 1.73. The smallest absolute Gasteiger partial charge is 0.165 e.